The highest BCUT2D eigenvalue weighted by Gasteiger charge is 2.35. The van der Waals surface area contributed by atoms with Gasteiger partial charge in [-0.25, -0.2) is 12.8 Å². The van der Waals surface area contributed by atoms with Gasteiger partial charge in [0.15, 0.2) is 9.84 Å². The van der Waals surface area contributed by atoms with Crippen LogP contribution in [-0.4, -0.2) is 40.3 Å². The van der Waals surface area contributed by atoms with Gasteiger partial charge in [-0.2, -0.15) is 0 Å². The fraction of sp³-hybridized carbons (Fsp3) is 0.211. The minimum atomic E-state index is -3.48. The monoisotopic (exact) mass is 425 g/mol. The van der Waals surface area contributed by atoms with Crippen LogP contribution >= 0.6 is 11.6 Å². The highest BCUT2D eigenvalue weighted by molar-refractivity contribution is 7.94. The van der Waals surface area contributed by atoms with Gasteiger partial charge in [0, 0.05) is 11.5 Å². The first-order valence-electron chi connectivity index (χ1n) is 8.18. The number of sulfone groups is 1. The predicted molar refractivity (Wildman–Crippen MR) is 104 cm³/mol. The normalized spacial score (nSPS) is 17.4. The Balaban J connectivity index is 2.17. The van der Waals surface area contributed by atoms with Crippen LogP contribution < -0.4 is 14.4 Å². The van der Waals surface area contributed by atoms with Crippen molar-refractivity contribution < 1.29 is 27.1 Å². The Morgan fingerprint density at radius 1 is 1.21 bits per heavy atom. The molecule has 1 amide bonds. The van der Waals surface area contributed by atoms with E-state index in [1.165, 1.54) is 37.3 Å². The second-order valence-corrected chi connectivity index (χ2v) is 8.37. The molecule has 0 aliphatic carbocycles. The number of rotatable bonds is 5. The molecule has 1 unspecified atom stereocenters. The van der Waals surface area contributed by atoms with Gasteiger partial charge in [0.25, 0.3) is 5.91 Å². The number of hydrogen-bond acceptors (Lipinski definition) is 5. The second-order valence-electron chi connectivity index (χ2n) is 6.04. The van der Waals surface area contributed by atoms with Crippen LogP contribution in [0.1, 0.15) is 10.4 Å². The molecule has 0 bridgehead atoms. The Labute approximate surface area is 167 Å². The number of carbonyl (C=O) groups excluding carboxylic acids is 1. The van der Waals surface area contributed by atoms with E-state index < -0.39 is 27.6 Å². The standard InChI is InChI=1S/C19H17ClFNO5S/c1-26-13-6-7-16(17(10-13)27-2)22(12-8-9-28(24,25)11-12)19(23)18-14(20)4-3-5-15(18)21/h3-10,12H,11H2,1-2H3. The number of halogens is 2. The molecule has 2 aromatic rings. The van der Waals surface area contributed by atoms with Gasteiger partial charge in [0.05, 0.1) is 42.3 Å². The van der Waals surface area contributed by atoms with Gasteiger partial charge in [-0.3, -0.25) is 9.69 Å². The van der Waals surface area contributed by atoms with Crippen LogP contribution in [0.25, 0.3) is 0 Å². The number of anilines is 1. The maximum absolute atomic E-state index is 14.4. The summed E-state index contributed by atoms with van der Waals surface area (Å²) in [6, 6.07) is 7.72. The highest BCUT2D eigenvalue weighted by Crippen LogP contribution is 2.36. The number of amides is 1. The number of ether oxygens (including phenoxy) is 2. The van der Waals surface area contributed by atoms with E-state index in [-0.39, 0.29) is 27.8 Å². The molecular formula is C19H17ClFNO5S. The molecule has 1 aliphatic heterocycles. The largest absolute Gasteiger partial charge is 0.497 e. The van der Waals surface area contributed by atoms with E-state index in [9.17, 15) is 17.6 Å². The Hall–Kier alpha value is -2.58. The third-order valence-corrected chi connectivity index (χ3v) is 5.98. The Morgan fingerprint density at radius 3 is 2.54 bits per heavy atom. The summed E-state index contributed by atoms with van der Waals surface area (Å²) in [6.45, 7) is 0. The minimum absolute atomic E-state index is 0.0766. The fourth-order valence-corrected chi connectivity index (χ4v) is 4.48. The summed E-state index contributed by atoms with van der Waals surface area (Å²) < 4.78 is 48.8. The van der Waals surface area contributed by atoms with Gasteiger partial charge in [-0.15, -0.1) is 0 Å². The number of benzene rings is 2. The highest BCUT2D eigenvalue weighted by atomic mass is 35.5. The summed E-state index contributed by atoms with van der Waals surface area (Å²) in [5, 5.41) is 0.962. The number of methoxy groups -OCH3 is 2. The number of nitrogens with zero attached hydrogens (tertiary/aromatic N) is 1. The zero-order valence-corrected chi connectivity index (χ0v) is 16.6. The average molecular weight is 426 g/mol. The smallest absolute Gasteiger partial charge is 0.263 e. The van der Waals surface area contributed by atoms with Gasteiger partial charge in [0.1, 0.15) is 17.3 Å². The van der Waals surface area contributed by atoms with E-state index in [2.05, 4.69) is 0 Å². The summed E-state index contributed by atoms with van der Waals surface area (Å²) in [5.41, 5.74) is -0.0842. The minimum Gasteiger partial charge on any atom is -0.497 e. The lowest BCUT2D eigenvalue weighted by Crippen LogP contribution is -2.42. The lowest BCUT2D eigenvalue weighted by atomic mass is 10.1. The molecular weight excluding hydrogens is 409 g/mol. The molecule has 28 heavy (non-hydrogen) atoms. The van der Waals surface area contributed by atoms with Crippen LogP contribution in [0.2, 0.25) is 5.02 Å². The van der Waals surface area contributed by atoms with E-state index in [4.69, 9.17) is 21.1 Å². The molecule has 1 atom stereocenters. The Kier molecular flexibility index (Phi) is 5.62. The molecule has 6 nitrogen and oxygen atoms in total. The maximum atomic E-state index is 14.4. The molecule has 3 rings (SSSR count). The van der Waals surface area contributed by atoms with Crippen molar-refractivity contribution >= 4 is 33.0 Å². The predicted octanol–water partition coefficient (Wildman–Crippen LogP) is 3.45. The van der Waals surface area contributed by atoms with Crippen LogP contribution in [0.15, 0.2) is 47.9 Å². The van der Waals surface area contributed by atoms with Gasteiger partial charge in [-0.1, -0.05) is 17.7 Å². The maximum Gasteiger partial charge on any atom is 0.263 e. The molecule has 1 aliphatic rings. The van der Waals surface area contributed by atoms with Gasteiger partial charge >= 0.3 is 0 Å². The number of carbonyl (C=O) groups is 1. The van der Waals surface area contributed by atoms with Crippen molar-refractivity contribution in [1.29, 1.82) is 0 Å². The lowest BCUT2D eigenvalue weighted by Gasteiger charge is -2.29. The molecule has 0 fully saturated rings. The van der Waals surface area contributed by atoms with Crippen LogP contribution in [0.3, 0.4) is 0 Å². The summed E-state index contributed by atoms with van der Waals surface area (Å²) in [4.78, 5) is 14.5. The summed E-state index contributed by atoms with van der Waals surface area (Å²) >= 11 is 6.06. The third kappa shape index (κ3) is 3.83. The topological polar surface area (TPSA) is 72.9 Å². The number of hydrogen-bond donors (Lipinski definition) is 0. The second kappa shape index (κ2) is 7.81. The SMILES string of the molecule is COc1ccc(N(C(=O)c2c(F)cccc2Cl)C2C=CS(=O)(=O)C2)c(OC)c1. The van der Waals surface area contributed by atoms with Crippen molar-refractivity contribution in [2.45, 2.75) is 6.04 Å². The summed E-state index contributed by atoms with van der Waals surface area (Å²) in [6.07, 6.45) is 1.38. The molecule has 0 spiro atoms. The molecule has 1 heterocycles. The first-order chi connectivity index (χ1) is 13.3. The van der Waals surface area contributed by atoms with Gasteiger partial charge in [-0.05, 0) is 30.3 Å². The van der Waals surface area contributed by atoms with Crippen molar-refractivity contribution in [1.82, 2.24) is 0 Å². The van der Waals surface area contributed by atoms with Gasteiger partial charge < -0.3 is 9.47 Å². The van der Waals surface area contributed by atoms with Crippen molar-refractivity contribution in [3.05, 3.63) is 64.3 Å². The molecule has 0 radical (unpaired) electrons. The third-order valence-electron chi connectivity index (χ3n) is 4.28. The first-order valence-corrected chi connectivity index (χ1v) is 10.3. The van der Waals surface area contributed by atoms with E-state index in [1.807, 2.05) is 0 Å². The van der Waals surface area contributed by atoms with Crippen molar-refractivity contribution in [2.75, 3.05) is 24.9 Å². The zero-order chi connectivity index (χ0) is 20.5. The molecule has 148 valence electrons. The molecule has 0 saturated carbocycles. The molecule has 0 aromatic heterocycles. The van der Waals surface area contributed by atoms with E-state index in [1.54, 1.807) is 18.2 Å². The molecule has 2 aromatic carbocycles. The van der Waals surface area contributed by atoms with Crippen LogP contribution in [0, 0.1) is 5.82 Å². The Bertz CT molecular complexity index is 1030. The quantitative estimate of drug-likeness (QED) is 0.733. The zero-order valence-electron chi connectivity index (χ0n) is 15.1. The average Bonchev–Trinajstić information content (AvgIpc) is 3.01. The molecule has 9 heteroatoms. The molecule has 0 saturated heterocycles. The summed E-state index contributed by atoms with van der Waals surface area (Å²) in [5.74, 6) is -1.18. The van der Waals surface area contributed by atoms with Crippen LogP contribution in [0.4, 0.5) is 10.1 Å². The lowest BCUT2D eigenvalue weighted by molar-refractivity contribution is 0.0978. The van der Waals surface area contributed by atoms with E-state index in [0.29, 0.717) is 5.75 Å². The van der Waals surface area contributed by atoms with Crippen molar-refractivity contribution in [3.8, 4) is 11.5 Å². The van der Waals surface area contributed by atoms with Crippen molar-refractivity contribution in [3.63, 3.8) is 0 Å². The van der Waals surface area contributed by atoms with Gasteiger partial charge in [0.2, 0.25) is 0 Å². The molecule has 0 N–H and O–H groups in total. The summed E-state index contributed by atoms with van der Waals surface area (Å²) in [7, 11) is -0.608. The Morgan fingerprint density at radius 2 is 1.96 bits per heavy atom. The van der Waals surface area contributed by atoms with Crippen molar-refractivity contribution in [2.24, 2.45) is 0 Å². The fourth-order valence-electron chi connectivity index (χ4n) is 2.97. The first kappa shape index (κ1) is 20.2. The van der Waals surface area contributed by atoms with E-state index >= 15 is 0 Å². The van der Waals surface area contributed by atoms with Crippen LogP contribution in [0.5, 0.6) is 11.5 Å². The van der Waals surface area contributed by atoms with Crippen LogP contribution in [-0.2, 0) is 9.84 Å². The van der Waals surface area contributed by atoms with E-state index in [0.717, 1.165) is 11.5 Å².